The summed E-state index contributed by atoms with van der Waals surface area (Å²) >= 11 is 4.43. The van der Waals surface area contributed by atoms with Crippen molar-refractivity contribution in [2.45, 2.75) is 30.2 Å². The fourth-order valence-electron chi connectivity index (χ4n) is 2.86. The highest BCUT2D eigenvalue weighted by atomic mass is 32.1. The molecular weight excluding hydrogens is 334 g/mol. The molecule has 0 spiro atoms. The van der Waals surface area contributed by atoms with Crippen LogP contribution in [0.2, 0.25) is 0 Å². The Kier molecular flexibility index (Phi) is 6.13. The Morgan fingerprint density at radius 3 is 2.46 bits per heavy atom. The highest BCUT2D eigenvalue weighted by molar-refractivity contribution is 7.81. The number of hydrogen-bond acceptors (Lipinski definition) is 6. The molecule has 2 aliphatic heterocycles. The number of hydrogen-bond donors (Lipinski definition) is 2. The standard InChI is InChI=1S/C15H21N3O5S/c1-3-5-22-14(20)17-9-10(24)7-11(17)12-8-13(19)16-18(12)15(21)23-6-4-2/h3-4,10-12,24H,1-2,5-9H2,(H,16,19)/t10-,11-,12?/m0/s1. The highest BCUT2D eigenvalue weighted by Gasteiger charge is 2.47. The lowest BCUT2D eigenvalue weighted by molar-refractivity contribution is -0.120. The summed E-state index contributed by atoms with van der Waals surface area (Å²) in [5.74, 6) is -0.308. The van der Waals surface area contributed by atoms with Gasteiger partial charge in [-0.3, -0.25) is 10.2 Å². The molecular formula is C15H21N3O5S. The Morgan fingerprint density at radius 1 is 1.21 bits per heavy atom. The number of nitrogens with one attached hydrogen (secondary N) is 1. The maximum absolute atomic E-state index is 12.2. The first kappa shape index (κ1) is 18.2. The minimum absolute atomic E-state index is 0.0306. The molecule has 0 saturated carbocycles. The molecule has 0 aromatic carbocycles. The number of carbonyl (C=O) groups is 3. The van der Waals surface area contributed by atoms with E-state index in [1.165, 1.54) is 17.1 Å². The quantitative estimate of drug-likeness (QED) is 0.570. The monoisotopic (exact) mass is 355 g/mol. The van der Waals surface area contributed by atoms with Crippen molar-refractivity contribution in [1.29, 1.82) is 0 Å². The predicted molar refractivity (Wildman–Crippen MR) is 89.4 cm³/mol. The maximum atomic E-state index is 12.2. The van der Waals surface area contributed by atoms with E-state index < -0.39 is 18.2 Å². The fourth-order valence-corrected chi connectivity index (χ4v) is 3.26. The zero-order valence-electron chi connectivity index (χ0n) is 13.2. The van der Waals surface area contributed by atoms with Crippen molar-refractivity contribution in [3.05, 3.63) is 25.3 Å². The van der Waals surface area contributed by atoms with Gasteiger partial charge in [0.25, 0.3) is 0 Å². The second kappa shape index (κ2) is 8.09. The first-order chi connectivity index (χ1) is 11.5. The van der Waals surface area contributed by atoms with E-state index in [2.05, 4.69) is 31.2 Å². The van der Waals surface area contributed by atoms with Gasteiger partial charge in [-0.1, -0.05) is 25.3 Å². The van der Waals surface area contributed by atoms with Crippen LogP contribution in [0, 0.1) is 0 Å². The molecule has 2 aliphatic rings. The molecule has 9 heteroatoms. The van der Waals surface area contributed by atoms with E-state index >= 15 is 0 Å². The van der Waals surface area contributed by atoms with Crippen LogP contribution in [0.25, 0.3) is 0 Å². The van der Waals surface area contributed by atoms with Gasteiger partial charge >= 0.3 is 12.2 Å². The van der Waals surface area contributed by atoms with E-state index in [4.69, 9.17) is 9.47 Å². The van der Waals surface area contributed by atoms with Crippen molar-refractivity contribution in [3.63, 3.8) is 0 Å². The molecule has 3 amide bonds. The molecule has 2 heterocycles. The molecule has 3 atom stereocenters. The molecule has 0 bridgehead atoms. The van der Waals surface area contributed by atoms with Gasteiger partial charge < -0.3 is 14.4 Å². The van der Waals surface area contributed by atoms with Gasteiger partial charge in [-0.15, -0.1) is 0 Å². The summed E-state index contributed by atoms with van der Waals surface area (Å²) < 4.78 is 10.1. The molecule has 1 N–H and O–H groups in total. The van der Waals surface area contributed by atoms with Crippen molar-refractivity contribution in [1.82, 2.24) is 15.3 Å². The van der Waals surface area contributed by atoms with Gasteiger partial charge in [0.1, 0.15) is 13.2 Å². The zero-order chi connectivity index (χ0) is 17.7. The van der Waals surface area contributed by atoms with Gasteiger partial charge in [0.2, 0.25) is 5.91 Å². The van der Waals surface area contributed by atoms with Crippen molar-refractivity contribution in [3.8, 4) is 0 Å². The van der Waals surface area contributed by atoms with Crippen LogP contribution >= 0.6 is 12.6 Å². The van der Waals surface area contributed by atoms with Gasteiger partial charge in [0, 0.05) is 11.8 Å². The normalized spacial score (nSPS) is 26.0. The van der Waals surface area contributed by atoms with Crippen molar-refractivity contribution in [2.75, 3.05) is 19.8 Å². The first-order valence-electron chi connectivity index (χ1n) is 7.56. The van der Waals surface area contributed by atoms with E-state index in [0.717, 1.165) is 5.01 Å². The summed E-state index contributed by atoms with van der Waals surface area (Å²) in [6, 6.07) is -0.928. The Labute approximate surface area is 145 Å². The minimum Gasteiger partial charge on any atom is -0.445 e. The Bertz CT molecular complexity index is 541. The molecule has 24 heavy (non-hydrogen) atoms. The summed E-state index contributed by atoms with van der Waals surface area (Å²) in [4.78, 5) is 37.6. The van der Waals surface area contributed by atoms with Crippen LogP contribution in [0.1, 0.15) is 12.8 Å². The van der Waals surface area contributed by atoms with E-state index in [9.17, 15) is 14.4 Å². The van der Waals surface area contributed by atoms with Crippen LogP contribution in [-0.4, -0.2) is 65.1 Å². The van der Waals surface area contributed by atoms with Crippen molar-refractivity contribution in [2.24, 2.45) is 0 Å². The summed E-state index contributed by atoms with van der Waals surface area (Å²) in [6.07, 6.45) is 2.32. The summed E-state index contributed by atoms with van der Waals surface area (Å²) in [6.45, 7) is 7.47. The van der Waals surface area contributed by atoms with Gasteiger partial charge in [-0.05, 0) is 6.42 Å². The summed E-state index contributed by atoms with van der Waals surface area (Å²) in [7, 11) is 0. The second-order valence-electron chi connectivity index (χ2n) is 5.52. The average Bonchev–Trinajstić information content (AvgIpc) is 3.13. The number of rotatable bonds is 5. The molecule has 0 aliphatic carbocycles. The number of carbonyl (C=O) groups excluding carboxylic acids is 3. The molecule has 2 fully saturated rings. The molecule has 0 aromatic rings. The van der Waals surface area contributed by atoms with Crippen molar-refractivity contribution < 1.29 is 23.9 Å². The SMILES string of the molecule is C=CCOC(=O)N1NC(=O)CC1[C@@H]1C[C@H](S)CN1C(=O)OCC=C. The fraction of sp³-hybridized carbons (Fsp3) is 0.533. The van der Waals surface area contributed by atoms with Gasteiger partial charge in [0.05, 0.1) is 18.5 Å². The average molecular weight is 355 g/mol. The van der Waals surface area contributed by atoms with E-state index in [1.54, 1.807) is 0 Å². The van der Waals surface area contributed by atoms with Gasteiger partial charge in [-0.2, -0.15) is 12.6 Å². The number of likely N-dealkylation sites (tertiary alicyclic amines) is 1. The van der Waals surface area contributed by atoms with Crippen LogP contribution in [0.5, 0.6) is 0 Å². The number of nitrogens with zero attached hydrogens (tertiary/aromatic N) is 2. The molecule has 0 aromatic heterocycles. The smallest absolute Gasteiger partial charge is 0.429 e. The topological polar surface area (TPSA) is 88.2 Å². The third-order valence-electron chi connectivity index (χ3n) is 3.82. The zero-order valence-corrected chi connectivity index (χ0v) is 14.1. The molecule has 1 unspecified atom stereocenters. The Morgan fingerprint density at radius 2 is 1.83 bits per heavy atom. The van der Waals surface area contributed by atoms with Crippen LogP contribution in [0.15, 0.2) is 25.3 Å². The molecule has 2 rings (SSSR count). The van der Waals surface area contributed by atoms with E-state index in [0.29, 0.717) is 13.0 Å². The second-order valence-corrected chi connectivity index (χ2v) is 6.25. The number of ether oxygens (including phenoxy) is 2. The molecule has 2 saturated heterocycles. The number of hydrazine groups is 1. The van der Waals surface area contributed by atoms with E-state index in [1.807, 2.05) is 0 Å². The molecule has 132 valence electrons. The van der Waals surface area contributed by atoms with E-state index in [-0.39, 0.29) is 36.8 Å². The molecule has 8 nitrogen and oxygen atoms in total. The maximum Gasteiger partial charge on any atom is 0.429 e. The Balaban J connectivity index is 2.13. The van der Waals surface area contributed by atoms with Crippen LogP contribution in [0.4, 0.5) is 9.59 Å². The summed E-state index contributed by atoms with van der Waals surface area (Å²) in [5.41, 5.74) is 2.47. The summed E-state index contributed by atoms with van der Waals surface area (Å²) in [5, 5.41) is 1.07. The van der Waals surface area contributed by atoms with Crippen LogP contribution in [0.3, 0.4) is 0 Å². The minimum atomic E-state index is -0.687. The first-order valence-corrected chi connectivity index (χ1v) is 8.08. The van der Waals surface area contributed by atoms with Gasteiger partial charge in [0.15, 0.2) is 0 Å². The number of thiol groups is 1. The molecule has 0 radical (unpaired) electrons. The Hall–Kier alpha value is -2.16. The van der Waals surface area contributed by atoms with Crippen LogP contribution in [-0.2, 0) is 14.3 Å². The lowest BCUT2D eigenvalue weighted by atomic mass is 10.0. The highest BCUT2D eigenvalue weighted by Crippen LogP contribution is 2.30. The van der Waals surface area contributed by atoms with Gasteiger partial charge in [-0.25, -0.2) is 14.6 Å². The van der Waals surface area contributed by atoms with Crippen molar-refractivity contribution >= 4 is 30.7 Å². The predicted octanol–water partition coefficient (Wildman–Crippen LogP) is 1.11. The van der Waals surface area contributed by atoms with Crippen LogP contribution < -0.4 is 5.43 Å². The third kappa shape index (κ3) is 4.02. The lowest BCUT2D eigenvalue weighted by Gasteiger charge is -2.32. The third-order valence-corrected chi connectivity index (χ3v) is 4.19. The lowest BCUT2D eigenvalue weighted by Crippen LogP contribution is -2.53. The largest absolute Gasteiger partial charge is 0.445 e. The number of amides is 3.